The normalized spacial score (nSPS) is 30.2. The molecule has 0 bridgehead atoms. The molecule has 4 heteroatoms. The average molecular weight is 221 g/mol. The Bertz CT molecular complexity index is 154. The Labute approximate surface area is 92.6 Å². The van der Waals surface area contributed by atoms with Crippen LogP contribution >= 0.6 is 12.4 Å². The molecule has 2 aliphatic rings. The SMILES string of the molecule is CCN1CCC(C2NCCO2)CC1.Cl. The standard InChI is InChI=1S/C10H20N2O.ClH/c1-2-12-6-3-9(4-7-12)10-11-5-8-13-10;/h9-11H,2-8H2,1H3;1H. The molecule has 0 amide bonds. The Hall–Kier alpha value is 0.170. The molecule has 2 fully saturated rings. The fourth-order valence-electron chi connectivity index (χ4n) is 2.32. The van der Waals surface area contributed by atoms with Crippen molar-refractivity contribution in [2.45, 2.75) is 26.0 Å². The minimum Gasteiger partial charge on any atom is -0.362 e. The molecular formula is C10H21ClN2O. The van der Waals surface area contributed by atoms with Crippen LogP contribution in [0.5, 0.6) is 0 Å². The van der Waals surface area contributed by atoms with Crippen molar-refractivity contribution in [3.05, 3.63) is 0 Å². The van der Waals surface area contributed by atoms with Crippen LogP contribution < -0.4 is 5.32 Å². The predicted molar refractivity (Wildman–Crippen MR) is 59.8 cm³/mol. The number of nitrogens with zero attached hydrogens (tertiary/aromatic N) is 1. The molecule has 2 rings (SSSR count). The summed E-state index contributed by atoms with van der Waals surface area (Å²) in [6, 6.07) is 0. The largest absolute Gasteiger partial charge is 0.362 e. The molecule has 3 nitrogen and oxygen atoms in total. The fourth-order valence-corrected chi connectivity index (χ4v) is 2.32. The van der Waals surface area contributed by atoms with Crippen molar-refractivity contribution in [3.8, 4) is 0 Å². The molecule has 0 aromatic rings. The van der Waals surface area contributed by atoms with E-state index >= 15 is 0 Å². The lowest BCUT2D eigenvalue weighted by Gasteiger charge is -2.33. The lowest BCUT2D eigenvalue weighted by Crippen LogP contribution is -2.41. The lowest BCUT2D eigenvalue weighted by atomic mass is 9.95. The molecule has 0 aromatic heterocycles. The summed E-state index contributed by atoms with van der Waals surface area (Å²) in [5, 5.41) is 3.42. The summed E-state index contributed by atoms with van der Waals surface area (Å²) in [5.41, 5.74) is 0. The van der Waals surface area contributed by atoms with Gasteiger partial charge in [0.2, 0.25) is 0 Å². The summed E-state index contributed by atoms with van der Waals surface area (Å²) in [5.74, 6) is 0.755. The van der Waals surface area contributed by atoms with Crippen LogP contribution in [-0.4, -0.2) is 43.9 Å². The van der Waals surface area contributed by atoms with E-state index in [1.807, 2.05) is 0 Å². The van der Waals surface area contributed by atoms with Crippen molar-refractivity contribution in [1.29, 1.82) is 0 Å². The number of rotatable bonds is 2. The number of halogens is 1. The van der Waals surface area contributed by atoms with Crippen molar-refractivity contribution in [3.63, 3.8) is 0 Å². The van der Waals surface area contributed by atoms with Gasteiger partial charge in [-0.1, -0.05) is 6.92 Å². The van der Waals surface area contributed by atoms with Gasteiger partial charge in [-0.2, -0.15) is 0 Å². The summed E-state index contributed by atoms with van der Waals surface area (Å²) in [6.45, 7) is 7.89. The van der Waals surface area contributed by atoms with E-state index in [1.165, 1.54) is 32.5 Å². The van der Waals surface area contributed by atoms with E-state index in [-0.39, 0.29) is 12.4 Å². The van der Waals surface area contributed by atoms with Crippen LogP contribution in [0.25, 0.3) is 0 Å². The van der Waals surface area contributed by atoms with Crippen LogP contribution in [-0.2, 0) is 4.74 Å². The summed E-state index contributed by atoms with van der Waals surface area (Å²) >= 11 is 0. The number of nitrogens with one attached hydrogen (secondary N) is 1. The highest BCUT2D eigenvalue weighted by Gasteiger charge is 2.28. The van der Waals surface area contributed by atoms with E-state index in [4.69, 9.17) is 4.74 Å². The second-order valence-corrected chi connectivity index (χ2v) is 4.02. The van der Waals surface area contributed by atoms with E-state index in [2.05, 4.69) is 17.1 Å². The molecule has 0 aromatic carbocycles. The van der Waals surface area contributed by atoms with Crippen molar-refractivity contribution >= 4 is 12.4 Å². The third-order valence-corrected chi connectivity index (χ3v) is 3.25. The first kappa shape index (κ1) is 12.2. The maximum Gasteiger partial charge on any atom is 0.111 e. The van der Waals surface area contributed by atoms with Crippen LogP contribution in [0, 0.1) is 5.92 Å². The number of ether oxygens (including phenoxy) is 1. The third kappa shape index (κ3) is 2.83. The highest BCUT2D eigenvalue weighted by molar-refractivity contribution is 5.85. The minimum atomic E-state index is 0. The molecule has 1 unspecified atom stereocenters. The van der Waals surface area contributed by atoms with Gasteiger partial charge >= 0.3 is 0 Å². The van der Waals surface area contributed by atoms with Crippen LogP contribution in [0.2, 0.25) is 0 Å². The van der Waals surface area contributed by atoms with Gasteiger partial charge in [0, 0.05) is 12.5 Å². The molecule has 0 aliphatic carbocycles. The maximum atomic E-state index is 5.63. The van der Waals surface area contributed by atoms with Crippen LogP contribution in [0.3, 0.4) is 0 Å². The van der Waals surface area contributed by atoms with Gasteiger partial charge in [0.15, 0.2) is 0 Å². The maximum absolute atomic E-state index is 5.63. The first-order valence-electron chi connectivity index (χ1n) is 5.47. The average Bonchev–Trinajstić information content (AvgIpc) is 2.71. The van der Waals surface area contributed by atoms with Gasteiger partial charge in [-0.15, -0.1) is 12.4 Å². The van der Waals surface area contributed by atoms with Gasteiger partial charge in [-0.3, -0.25) is 5.32 Å². The quantitative estimate of drug-likeness (QED) is 0.754. The lowest BCUT2D eigenvalue weighted by molar-refractivity contribution is 0.0229. The number of piperidine rings is 1. The van der Waals surface area contributed by atoms with E-state index in [1.54, 1.807) is 0 Å². The zero-order valence-electron chi connectivity index (χ0n) is 8.87. The summed E-state index contributed by atoms with van der Waals surface area (Å²) in [7, 11) is 0. The van der Waals surface area contributed by atoms with Gasteiger partial charge in [-0.25, -0.2) is 0 Å². The molecule has 2 saturated heterocycles. The molecule has 0 spiro atoms. The molecule has 0 radical (unpaired) electrons. The molecule has 2 heterocycles. The molecule has 1 atom stereocenters. The highest BCUT2D eigenvalue weighted by Crippen LogP contribution is 2.22. The van der Waals surface area contributed by atoms with Crippen LogP contribution in [0.15, 0.2) is 0 Å². The van der Waals surface area contributed by atoms with E-state index in [0.717, 1.165) is 19.1 Å². The zero-order chi connectivity index (χ0) is 9.10. The number of hydrogen-bond acceptors (Lipinski definition) is 3. The second kappa shape index (κ2) is 5.91. The molecule has 0 saturated carbocycles. The van der Waals surface area contributed by atoms with Crippen LogP contribution in [0.1, 0.15) is 19.8 Å². The van der Waals surface area contributed by atoms with Gasteiger partial charge < -0.3 is 9.64 Å². The fraction of sp³-hybridized carbons (Fsp3) is 1.00. The summed E-state index contributed by atoms with van der Waals surface area (Å²) in [6.07, 6.45) is 2.95. The topological polar surface area (TPSA) is 24.5 Å². The third-order valence-electron chi connectivity index (χ3n) is 3.25. The van der Waals surface area contributed by atoms with Crippen molar-refractivity contribution in [2.75, 3.05) is 32.8 Å². The van der Waals surface area contributed by atoms with Crippen molar-refractivity contribution in [2.24, 2.45) is 5.92 Å². The molecule has 2 aliphatic heterocycles. The van der Waals surface area contributed by atoms with E-state index in [9.17, 15) is 0 Å². The molecule has 1 N–H and O–H groups in total. The highest BCUT2D eigenvalue weighted by atomic mass is 35.5. The first-order valence-corrected chi connectivity index (χ1v) is 5.47. The first-order chi connectivity index (χ1) is 6.40. The second-order valence-electron chi connectivity index (χ2n) is 4.02. The van der Waals surface area contributed by atoms with Gasteiger partial charge in [-0.05, 0) is 32.5 Å². The van der Waals surface area contributed by atoms with E-state index in [0.29, 0.717) is 6.23 Å². The summed E-state index contributed by atoms with van der Waals surface area (Å²) in [4.78, 5) is 2.52. The van der Waals surface area contributed by atoms with E-state index < -0.39 is 0 Å². The Morgan fingerprint density at radius 1 is 1.36 bits per heavy atom. The predicted octanol–water partition coefficient (Wildman–Crippen LogP) is 1.09. The smallest absolute Gasteiger partial charge is 0.111 e. The monoisotopic (exact) mass is 220 g/mol. The van der Waals surface area contributed by atoms with Gasteiger partial charge in [0.05, 0.1) is 6.61 Å². The van der Waals surface area contributed by atoms with Crippen molar-refractivity contribution in [1.82, 2.24) is 10.2 Å². The number of hydrogen-bond donors (Lipinski definition) is 1. The Morgan fingerprint density at radius 2 is 2.07 bits per heavy atom. The van der Waals surface area contributed by atoms with Gasteiger partial charge in [0.1, 0.15) is 6.23 Å². The van der Waals surface area contributed by atoms with Crippen molar-refractivity contribution < 1.29 is 4.74 Å². The zero-order valence-corrected chi connectivity index (χ0v) is 9.68. The summed E-state index contributed by atoms with van der Waals surface area (Å²) < 4.78 is 5.63. The molecular weight excluding hydrogens is 200 g/mol. The van der Waals surface area contributed by atoms with Crippen LogP contribution in [0.4, 0.5) is 0 Å². The minimum absolute atomic E-state index is 0. The molecule has 84 valence electrons. The van der Waals surface area contributed by atoms with Gasteiger partial charge in [0.25, 0.3) is 0 Å². The molecule has 14 heavy (non-hydrogen) atoms. The number of likely N-dealkylation sites (tertiary alicyclic amines) is 1. The Kier molecular flexibility index (Phi) is 5.17. The Morgan fingerprint density at radius 3 is 2.57 bits per heavy atom. The Balaban J connectivity index is 0.000000980.